The average Bonchev–Trinajstić information content (AvgIpc) is 3.49. The first-order valence-corrected chi connectivity index (χ1v) is 9.05. The van der Waals surface area contributed by atoms with Crippen LogP contribution in [0.3, 0.4) is 0 Å². The minimum absolute atomic E-state index is 0.0482. The highest BCUT2D eigenvalue weighted by Gasteiger charge is 2.44. The summed E-state index contributed by atoms with van der Waals surface area (Å²) in [5, 5.41) is 5.48. The zero-order chi connectivity index (χ0) is 19.2. The quantitative estimate of drug-likeness (QED) is 0.751. The first kappa shape index (κ1) is 18.8. The van der Waals surface area contributed by atoms with Gasteiger partial charge in [-0.15, -0.1) is 0 Å². The Balaban J connectivity index is 1.44. The van der Waals surface area contributed by atoms with Crippen LogP contribution in [0.5, 0.6) is 11.5 Å². The molecule has 27 heavy (non-hydrogen) atoms. The molecule has 0 heterocycles. The highest BCUT2D eigenvalue weighted by atomic mass is 16.5. The van der Waals surface area contributed by atoms with Crippen molar-refractivity contribution in [2.75, 3.05) is 25.6 Å². The van der Waals surface area contributed by atoms with Gasteiger partial charge in [0.1, 0.15) is 11.5 Å². The van der Waals surface area contributed by atoms with Crippen LogP contribution in [-0.4, -0.2) is 32.1 Å². The second-order valence-corrected chi connectivity index (χ2v) is 6.45. The fourth-order valence-corrected chi connectivity index (χ4v) is 3.03. The van der Waals surface area contributed by atoms with Crippen molar-refractivity contribution in [3.05, 3.63) is 54.1 Å². The van der Waals surface area contributed by atoms with Gasteiger partial charge in [0.25, 0.3) is 0 Å². The van der Waals surface area contributed by atoms with Gasteiger partial charge in [0.15, 0.2) is 0 Å². The molecular weight excluding hydrogens is 344 g/mol. The lowest BCUT2D eigenvalue weighted by molar-refractivity contribution is -0.125. The van der Waals surface area contributed by atoms with Crippen molar-refractivity contribution in [1.29, 1.82) is 0 Å². The lowest BCUT2D eigenvalue weighted by Gasteiger charge is -2.08. The molecular formula is C21H24N2O4. The van der Waals surface area contributed by atoms with Crippen LogP contribution >= 0.6 is 0 Å². The van der Waals surface area contributed by atoms with Gasteiger partial charge in [-0.05, 0) is 61.2 Å². The molecule has 6 nitrogen and oxygen atoms in total. The van der Waals surface area contributed by atoms with Crippen molar-refractivity contribution < 1.29 is 19.1 Å². The molecule has 2 atom stereocenters. The summed E-state index contributed by atoms with van der Waals surface area (Å²) >= 11 is 0. The van der Waals surface area contributed by atoms with Gasteiger partial charge >= 0.3 is 0 Å². The molecule has 0 aliphatic heterocycles. The van der Waals surface area contributed by atoms with Crippen molar-refractivity contribution in [2.45, 2.75) is 19.3 Å². The minimum Gasteiger partial charge on any atom is -0.497 e. The molecule has 0 radical (unpaired) electrons. The SMILES string of the molecule is CCOc1ccc(NC(=O)CNC(=O)C2CC2c2cccc(OC)c2)cc1. The van der Waals surface area contributed by atoms with E-state index in [-0.39, 0.29) is 30.2 Å². The standard InChI is InChI=1S/C21H24N2O4/c1-3-27-16-9-7-15(8-10-16)23-20(24)13-22-21(25)19-12-18(19)14-5-4-6-17(11-14)26-2/h4-11,18-19H,3,12-13H2,1-2H3,(H,22,25)(H,23,24). The summed E-state index contributed by atoms with van der Waals surface area (Å²) in [6.45, 7) is 2.46. The van der Waals surface area contributed by atoms with Gasteiger partial charge < -0.3 is 20.1 Å². The smallest absolute Gasteiger partial charge is 0.243 e. The van der Waals surface area contributed by atoms with Gasteiger partial charge in [-0.3, -0.25) is 9.59 Å². The lowest BCUT2D eigenvalue weighted by Crippen LogP contribution is -2.34. The van der Waals surface area contributed by atoms with Gasteiger partial charge in [0, 0.05) is 11.6 Å². The largest absolute Gasteiger partial charge is 0.497 e. The van der Waals surface area contributed by atoms with Crippen LogP contribution in [0, 0.1) is 5.92 Å². The topological polar surface area (TPSA) is 76.7 Å². The van der Waals surface area contributed by atoms with Crippen LogP contribution < -0.4 is 20.1 Å². The number of anilines is 1. The van der Waals surface area contributed by atoms with Crippen molar-refractivity contribution in [1.82, 2.24) is 5.32 Å². The van der Waals surface area contributed by atoms with Crippen LogP contribution in [0.1, 0.15) is 24.8 Å². The number of carbonyl (C=O) groups excluding carboxylic acids is 2. The van der Waals surface area contributed by atoms with Crippen LogP contribution in [0.2, 0.25) is 0 Å². The van der Waals surface area contributed by atoms with Gasteiger partial charge in [0.2, 0.25) is 11.8 Å². The molecule has 0 bridgehead atoms. The second-order valence-electron chi connectivity index (χ2n) is 6.45. The summed E-state index contributed by atoms with van der Waals surface area (Å²) in [5.74, 6) is 1.29. The van der Waals surface area contributed by atoms with E-state index in [1.807, 2.05) is 31.2 Å². The Morgan fingerprint density at radius 2 is 1.89 bits per heavy atom. The fraction of sp³-hybridized carbons (Fsp3) is 0.333. The molecule has 1 aliphatic rings. The Hall–Kier alpha value is -3.02. The van der Waals surface area contributed by atoms with Crippen LogP contribution in [0.25, 0.3) is 0 Å². The first-order chi connectivity index (χ1) is 13.1. The van der Waals surface area contributed by atoms with Gasteiger partial charge in [-0.25, -0.2) is 0 Å². The molecule has 2 N–H and O–H groups in total. The van der Waals surface area contributed by atoms with Crippen LogP contribution in [0.15, 0.2) is 48.5 Å². The molecule has 2 aromatic rings. The monoisotopic (exact) mass is 368 g/mol. The maximum Gasteiger partial charge on any atom is 0.243 e. The zero-order valence-corrected chi connectivity index (χ0v) is 15.5. The van der Waals surface area contributed by atoms with E-state index in [4.69, 9.17) is 9.47 Å². The fourth-order valence-electron chi connectivity index (χ4n) is 3.03. The summed E-state index contributed by atoms with van der Waals surface area (Å²) in [6, 6.07) is 14.9. The van der Waals surface area contributed by atoms with Gasteiger partial charge in [-0.2, -0.15) is 0 Å². The third-order valence-corrected chi connectivity index (χ3v) is 4.52. The number of nitrogens with one attached hydrogen (secondary N) is 2. The summed E-state index contributed by atoms with van der Waals surface area (Å²) in [7, 11) is 1.62. The maximum atomic E-state index is 12.3. The second kappa shape index (κ2) is 8.58. The van der Waals surface area contributed by atoms with Gasteiger partial charge in [-0.1, -0.05) is 12.1 Å². The summed E-state index contributed by atoms with van der Waals surface area (Å²) in [5.41, 5.74) is 1.76. The third-order valence-electron chi connectivity index (χ3n) is 4.52. The molecule has 0 saturated heterocycles. The Morgan fingerprint density at radius 3 is 2.59 bits per heavy atom. The number of benzene rings is 2. The van der Waals surface area contributed by atoms with Crippen LogP contribution in [0.4, 0.5) is 5.69 Å². The molecule has 2 amide bonds. The number of hydrogen-bond acceptors (Lipinski definition) is 4. The molecule has 2 aromatic carbocycles. The number of amides is 2. The molecule has 3 rings (SSSR count). The predicted octanol–water partition coefficient (Wildman–Crippen LogP) is 2.95. The molecule has 6 heteroatoms. The van der Waals surface area contributed by atoms with E-state index in [1.165, 1.54) is 0 Å². The molecule has 0 aromatic heterocycles. The molecule has 1 fully saturated rings. The predicted molar refractivity (Wildman–Crippen MR) is 103 cm³/mol. The maximum absolute atomic E-state index is 12.3. The summed E-state index contributed by atoms with van der Waals surface area (Å²) < 4.78 is 10.6. The lowest BCUT2D eigenvalue weighted by atomic mass is 10.1. The molecule has 1 aliphatic carbocycles. The minimum atomic E-state index is -0.258. The van der Waals surface area contributed by atoms with Crippen molar-refractivity contribution in [3.8, 4) is 11.5 Å². The van der Waals surface area contributed by atoms with Gasteiger partial charge in [0.05, 0.1) is 20.3 Å². The Morgan fingerprint density at radius 1 is 1.11 bits per heavy atom. The molecule has 142 valence electrons. The van der Waals surface area contributed by atoms with Crippen molar-refractivity contribution in [3.63, 3.8) is 0 Å². The summed E-state index contributed by atoms with van der Waals surface area (Å²) in [4.78, 5) is 24.3. The van der Waals surface area contributed by atoms with Crippen LogP contribution in [-0.2, 0) is 9.59 Å². The van der Waals surface area contributed by atoms with E-state index < -0.39 is 0 Å². The summed E-state index contributed by atoms with van der Waals surface area (Å²) in [6.07, 6.45) is 0.791. The van der Waals surface area contributed by atoms with E-state index in [1.54, 1.807) is 31.4 Å². The number of methoxy groups -OCH3 is 1. The van der Waals surface area contributed by atoms with E-state index in [2.05, 4.69) is 10.6 Å². The highest BCUT2D eigenvalue weighted by molar-refractivity contribution is 5.95. The number of rotatable bonds is 8. The van der Waals surface area contributed by atoms with E-state index in [0.717, 1.165) is 23.5 Å². The normalized spacial score (nSPS) is 17.7. The number of ether oxygens (including phenoxy) is 2. The van der Waals surface area contributed by atoms with E-state index in [9.17, 15) is 9.59 Å². The van der Waals surface area contributed by atoms with Crippen molar-refractivity contribution in [2.24, 2.45) is 5.92 Å². The molecule has 2 unspecified atom stereocenters. The Bertz CT molecular complexity index is 804. The van der Waals surface area contributed by atoms with E-state index >= 15 is 0 Å². The van der Waals surface area contributed by atoms with Crippen molar-refractivity contribution >= 4 is 17.5 Å². The molecule has 1 saturated carbocycles. The average molecular weight is 368 g/mol. The van der Waals surface area contributed by atoms with E-state index in [0.29, 0.717) is 12.3 Å². The number of carbonyl (C=O) groups is 2. The number of hydrogen-bond donors (Lipinski definition) is 2. The Labute approximate surface area is 158 Å². The highest BCUT2D eigenvalue weighted by Crippen LogP contribution is 2.48. The first-order valence-electron chi connectivity index (χ1n) is 9.05. The third kappa shape index (κ3) is 5.00. The zero-order valence-electron chi connectivity index (χ0n) is 15.5. The Kier molecular flexibility index (Phi) is 5.96. The molecule has 0 spiro atoms.